The van der Waals surface area contributed by atoms with Gasteiger partial charge in [-0.25, -0.2) is 4.39 Å². The quantitative estimate of drug-likeness (QED) is 0.810. The number of hydrogen-bond donors (Lipinski definition) is 2. The summed E-state index contributed by atoms with van der Waals surface area (Å²) in [5, 5.41) is 21.8. The third-order valence-electron chi connectivity index (χ3n) is 6.54. The van der Waals surface area contributed by atoms with Gasteiger partial charge in [-0.3, -0.25) is 4.79 Å². The Labute approximate surface area is 176 Å². The van der Waals surface area contributed by atoms with Crippen LogP contribution in [0.3, 0.4) is 0 Å². The molecule has 0 aromatic heterocycles. The molecule has 0 saturated carbocycles. The van der Waals surface area contributed by atoms with Crippen molar-refractivity contribution in [2.24, 2.45) is 0 Å². The van der Waals surface area contributed by atoms with Crippen molar-refractivity contribution in [3.63, 3.8) is 0 Å². The Balaban J connectivity index is 1.39. The topological polar surface area (TPSA) is 64.0 Å². The molecule has 0 unspecified atom stereocenters. The minimum atomic E-state index is -0.949. The number of benzene rings is 2. The van der Waals surface area contributed by atoms with Gasteiger partial charge in [0.25, 0.3) is 0 Å². The highest BCUT2D eigenvalue weighted by Gasteiger charge is 2.35. The first-order valence-corrected chi connectivity index (χ1v) is 10.6. The highest BCUT2D eigenvalue weighted by atomic mass is 19.1. The summed E-state index contributed by atoms with van der Waals surface area (Å²) < 4.78 is 13.2. The maximum atomic E-state index is 13.2. The van der Waals surface area contributed by atoms with E-state index in [1.165, 1.54) is 12.1 Å². The summed E-state index contributed by atoms with van der Waals surface area (Å²) in [6, 6.07) is 12.0. The molecular weight excluding hydrogens is 383 g/mol. The Bertz CT molecular complexity index is 923. The van der Waals surface area contributed by atoms with Crippen LogP contribution in [0, 0.1) is 5.82 Å². The van der Waals surface area contributed by atoms with Crippen LogP contribution in [0.25, 0.3) is 0 Å². The van der Waals surface area contributed by atoms with Crippen molar-refractivity contribution in [2.45, 2.75) is 50.9 Å². The summed E-state index contributed by atoms with van der Waals surface area (Å²) in [7, 11) is 0. The van der Waals surface area contributed by atoms with E-state index in [4.69, 9.17) is 0 Å². The second kappa shape index (κ2) is 8.10. The lowest BCUT2D eigenvalue weighted by molar-refractivity contribution is -0.116. The average molecular weight is 413 g/mol. The first kappa shape index (κ1) is 21.0. The fourth-order valence-electron chi connectivity index (χ4n) is 4.84. The zero-order chi connectivity index (χ0) is 21.5. The molecule has 0 radical (unpaired) electrons. The number of hydrogen-bond acceptors (Lipinski definition) is 4. The largest absolute Gasteiger partial charge is 0.387 e. The van der Waals surface area contributed by atoms with Gasteiger partial charge >= 0.3 is 0 Å². The summed E-state index contributed by atoms with van der Waals surface area (Å²) in [5.41, 5.74) is 2.68. The maximum absolute atomic E-state index is 13.2. The van der Waals surface area contributed by atoms with E-state index in [0.717, 1.165) is 28.8 Å². The molecule has 2 aromatic rings. The summed E-state index contributed by atoms with van der Waals surface area (Å²) in [4.78, 5) is 15.9. The normalized spacial score (nSPS) is 22.0. The number of anilines is 1. The van der Waals surface area contributed by atoms with Crippen molar-refractivity contribution in [3.8, 4) is 0 Å². The van der Waals surface area contributed by atoms with Crippen LogP contribution in [0.15, 0.2) is 42.5 Å². The number of amides is 1. The van der Waals surface area contributed by atoms with E-state index in [1.54, 1.807) is 19.1 Å². The van der Waals surface area contributed by atoms with Crippen LogP contribution < -0.4 is 4.90 Å². The Kier molecular flexibility index (Phi) is 5.66. The van der Waals surface area contributed by atoms with Crippen LogP contribution in [0.4, 0.5) is 10.1 Å². The van der Waals surface area contributed by atoms with E-state index in [9.17, 15) is 19.4 Å². The second-order valence-electron chi connectivity index (χ2n) is 8.69. The molecule has 2 aromatic carbocycles. The molecule has 0 spiro atoms. The second-order valence-corrected chi connectivity index (χ2v) is 8.69. The Morgan fingerprint density at radius 1 is 1.20 bits per heavy atom. The lowest BCUT2D eigenvalue weighted by atomic mass is 9.84. The minimum Gasteiger partial charge on any atom is -0.387 e. The van der Waals surface area contributed by atoms with Crippen molar-refractivity contribution in [3.05, 3.63) is 65.0 Å². The average Bonchev–Trinajstić information content (AvgIpc) is 3.05. The van der Waals surface area contributed by atoms with Gasteiger partial charge in [0.05, 0.1) is 11.7 Å². The number of nitrogens with zero attached hydrogens (tertiary/aromatic N) is 2. The van der Waals surface area contributed by atoms with E-state index in [1.807, 2.05) is 30.0 Å². The molecule has 1 saturated heterocycles. The maximum Gasteiger partial charge on any atom is 0.224 e. The van der Waals surface area contributed by atoms with Gasteiger partial charge in [-0.15, -0.1) is 0 Å². The Hall–Kier alpha value is -2.28. The highest BCUT2D eigenvalue weighted by molar-refractivity contribution is 5.94. The van der Waals surface area contributed by atoms with Crippen LogP contribution in [0.2, 0.25) is 0 Å². The standard InChI is InChI=1S/C24H29FN2O3/c1-16-13-19-14-18(3-8-22(19)27(16)17(2)28)23(29)15-26-11-9-24(30,10-12-26)20-4-6-21(25)7-5-20/h3-8,14,16,23,29-30H,9-13,15H2,1-2H3/t16-,23-/m0/s1. The van der Waals surface area contributed by atoms with Crippen molar-refractivity contribution >= 4 is 11.6 Å². The van der Waals surface area contributed by atoms with Crippen LogP contribution in [0.5, 0.6) is 0 Å². The van der Waals surface area contributed by atoms with Crippen LogP contribution >= 0.6 is 0 Å². The predicted molar refractivity (Wildman–Crippen MR) is 114 cm³/mol. The summed E-state index contributed by atoms with van der Waals surface area (Å²) >= 11 is 0. The molecular formula is C24H29FN2O3. The van der Waals surface area contributed by atoms with Gasteiger partial charge in [-0.1, -0.05) is 24.3 Å². The fraction of sp³-hybridized carbons (Fsp3) is 0.458. The number of piperidine rings is 1. The molecule has 2 aliphatic rings. The number of aliphatic hydroxyl groups excluding tert-OH is 1. The van der Waals surface area contributed by atoms with E-state index in [2.05, 4.69) is 4.90 Å². The molecule has 5 nitrogen and oxygen atoms in total. The molecule has 2 heterocycles. The lowest BCUT2D eigenvalue weighted by Gasteiger charge is -2.39. The first-order valence-electron chi connectivity index (χ1n) is 10.6. The zero-order valence-corrected chi connectivity index (χ0v) is 17.5. The van der Waals surface area contributed by atoms with Gasteiger partial charge in [0, 0.05) is 38.3 Å². The van der Waals surface area contributed by atoms with Crippen molar-refractivity contribution < 1.29 is 19.4 Å². The number of rotatable bonds is 4. The molecule has 2 N–H and O–H groups in total. The zero-order valence-electron chi connectivity index (χ0n) is 17.5. The van der Waals surface area contributed by atoms with E-state index in [0.29, 0.717) is 32.5 Å². The highest BCUT2D eigenvalue weighted by Crippen LogP contribution is 2.36. The van der Waals surface area contributed by atoms with Crippen LogP contribution in [-0.2, 0) is 16.8 Å². The molecule has 1 amide bonds. The Morgan fingerprint density at radius 2 is 1.87 bits per heavy atom. The van der Waals surface area contributed by atoms with Crippen molar-refractivity contribution in [1.29, 1.82) is 0 Å². The van der Waals surface area contributed by atoms with E-state index in [-0.39, 0.29) is 17.8 Å². The first-order chi connectivity index (χ1) is 14.3. The number of halogens is 1. The summed E-state index contributed by atoms with van der Waals surface area (Å²) in [5.74, 6) is -0.269. The molecule has 0 bridgehead atoms. The molecule has 1 fully saturated rings. The third-order valence-corrected chi connectivity index (χ3v) is 6.54. The molecule has 0 aliphatic carbocycles. The number of aliphatic hydroxyl groups is 2. The third kappa shape index (κ3) is 4.00. The number of fused-ring (bicyclic) bond motifs is 1. The monoisotopic (exact) mass is 412 g/mol. The molecule has 160 valence electrons. The Morgan fingerprint density at radius 3 is 2.50 bits per heavy atom. The van der Waals surface area contributed by atoms with Gasteiger partial charge in [0.2, 0.25) is 5.91 Å². The molecule has 30 heavy (non-hydrogen) atoms. The summed E-state index contributed by atoms with van der Waals surface area (Å²) in [6.45, 7) is 5.42. The van der Waals surface area contributed by atoms with Crippen molar-refractivity contribution in [1.82, 2.24) is 4.90 Å². The number of carbonyl (C=O) groups excluding carboxylic acids is 1. The van der Waals surface area contributed by atoms with Crippen molar-refractivity contribution in [2.75, 3.05) is 24.5 Å². The van der Waals surface area contributed by atoms with Gasteiger partial charge in [0.15, 0.2) is 0 Å². The minimum absolute atomic E-state index is 0.0384. The number of likely N-dealkylation sites (tertiary alicyclic amines) is 1. The molecule has 2 aliphatic heterocycles. The SMILES string of the molecule is CC(=O)N1c2ccc([C@@H](O)CN3CCC(O)(c4ccc(F)cc4)CC3)cc2C[C@@H]1C. The van der Waals surface area contributed by atoms with Gasteiger partial charge in [0.1, 0.15) is 5.82 Å². The van der Waals surface area contributed by atoms with E-state index < -0.39 is 11.7 Å². The smallest absolute Gasteiger partial charge is 0.224 e. The molecule has 6 heteroatoms. The molecule has 2 atom stereocenters. The van der Waals surface area contributed by atoms with Crippen LogP contribution in [0.1, 0.15) is 49.5 Å². The van der Waals surface area contributed by atoms with Crippen LogP contribution in [-0.4, -0.2) is 46.7 Å². The predicted octanol–water partition coefficient (Wildman–Crippen LogP) is 3.14. The van der Waals surface area contributed by atoms with Gasteiger partial charge in [-0.2, -0.15) is 0 Å². The fourth-order valence-corrected chi connectivity index (χ4v) is 4.84. The summed E-state index contributed by atoms with van der Waals surface area (Å²) in [6.07, 6.45) is 1.25. The number of carbonyl (C=O) groups is 1. The van der Waals surface area contributed by atoms with E-state index >= 15 is 0 Å². The lowest BCUT2D eigenvalue weighted by Crippen LogP contribution is -2.44. The van der Waals surface area contributed by atoms with Gasteiger partial charge < -0.3 is 20.0 Å². The molecule has 4 rings (SSSR count). The number of β-amino-alcohol motifs (C(OH)–C–C–N with tert-alkyl or cyclic N) is 1. The van der Waals surface area contributed by atoms with Gasteiger partial charge in [-0.05, 0) is 61.1 Å².